The number of fused-ring (bicyclic) bond motifs is 2. The van der Waals surface area contributed by atoms with Gasteiger partial charge < -0.3 is 28.6 Å². The van der Waals surface area contributed by atoms with Gasteiger partial charge in [-0.1, -0.05) is 59.6 Å². The van der Waals surface area contributed by atoms with E-state index in [-0.39, 0.29) is 35.0 Å². The Labute approximate surface area is 296 Å². The molecular weight excluding hydrogens is 675 g/mol. The van der Waals surface area contributed by atoms with Crippen LogP contribution in [0.1, 0.15) is 37.1 Å². The molecule has 0 bridgehead atoms. The molecule has 2 aliphatic heterocycles. The number of carbonyl (C=O) groups is 2. The van der Waals surface area contributed by atoms with Gasteiger partial charge in [-0.2, -0.15) is 0 Å². The fraction of sp³-hybridized carbons (Fsp3) is 0.263. The lowest BCUT2D eigenvalue weighted by molar-refractivity contribution is -0.120. The maximum atomic E-state index is 13.6. The summed E-state index contributed by atoms with van der Waals surface area (Å²) in [5, 5.41) is 6.89. The standard InChI is InChI=1S/C38H34Cl2N6O4/c1-21-15-43-17-23(13-31(43)37(49)45(21)19-25-9-11-33(47)41-25)27-5-3-7-29(35(27)39)30-8-4-6-28(36(30)40)24-14-32-38(50)46(22(2)16-44(32)18-24)20-26-10-12-34(48)42-26/h3-8,13-18,25-26H,9-12,19-20H2,1-2H3,(H,41,47)(H,42,48)/t25-,26-/m0/s1. The SMILES string of the molecule is Cc1cn2cc(-c3cccc(-c4cccc(-c5cc6c(=O)n(C[C@@H]7CCC(=O)N7)c(C)cn6c5)c4Cl)c3Cl)cc2c(=O)n1C[C@@H]1CCC(=O)N1. The third kappa shape index (κ3) is 5.52. The van der Waals surface area contributed by atoms with Crippen molar-refractivity contribution in [2.75, 3.05) is 0 Å². The van der Waals surface area contributed by atoms with Crippen LogP contribution in [0.3, 0.4) is 0 Å². The minimum Gasteiger partial charge on any atom is -0.352 e. The third-order valence-corrected chi connectivity index (χ3v) is 10.8. The monoisotopic (exact) mass is 708 g/mol. The largest absolute Gasteiger partial charge is 0.352 e. The normalized spacial score (nSPS) is 17.6. The molecule has 0 radical (unpaired) electrons. The molecule has 2 N–H and O–H groups in total. The fourth-order valence-electron chi connectivity index (χ4n) is 7.40. The van der Waals surface area contributed by atoms with E-state index in [1.807, 2.05) is 96.0 Å². The van der Waals surface area contributed by atoms with E-state index in [2.05, 4.69) is 10.6 Å². The smallest absolute Gasteiger partial charge is 0.275 e. The van der Waals surface area contributed by atoms with Crippen LogP contribution in [0.4, 0.5) is 0 Å². The Hall–Kier alpha value is -5.06. The molecule has 0 spiro atoms. The van der Waals surface area contributed by atoms with E-state index in [1.165, 1.54) is 0 Å². The Morgan fingerprint density at radius 2 is 1.02 bits per heavy atom. The van der Waals surface area contributed by atoms with Crippen LogP contribution in [0.5, 0.6) is 0 Å². The number of carbonyl (C=O) groups excluding carboxylic acids is 2. The molecule has 50 heavy (non-hydrogen) atoms. The Balaban J connectivity index is 1.14. The molecule has 2 atom stereocenters. The van der Waals surface area contributed by atoms with Gasteiger partial charge >= 0.3 is 0 Å². The molecule has 0 aliphatic carbocycles. The van der Waals surface area contributed by atoms with E-state index in [4.69, 9.17) is 23.2 Å². The molecule has 2 aliphatic rings. The quantitative estimate of drug-likeness (QED) is 0.212. The number of amides is 2. The highest BCUT2D eigenvalue weighted by Crippen LogP contribution is 2.42. The molecule has 2 saturated heterocycles. The molecule has 4 aromatic heterocycles. The van der Waals surface area contributed by atoms with Gasteiger partial charge in [0.25, 0.3) is 11.1 Å². The molecule has 2 amide bonds. The van der Waals surface area contributed by atoms with Gasteiger partial charge in [0.05, 0.1) is 10.0 Å². The summed E-state index contributed by atoms with van der Waals surface area (Å²) in [6, 6.07) is 15.1. The summed E-state index contributed by atoms with van der Waals surface area (Å²) in [4.78, 5) is 50.7. The molecule has 10 nitrogen and oxygen atoms in total. The van der Waals surface area contributed by atoms with Crippen LogP contribution in [0.25, 0.3) is 44.4 Å². The minimum atomic E-state index is -0.132. The van der Waals surface area contributed by atoms with Crippen molar-refractivity contribution < 1.29 is 9.59 Å². The summed E-state index contributed by atoms with van der Waals surface area (Å²) in [6.07, 6.45) is 10.00. The van der Waals surface area contributed by atoms with Gasteiger partial charge in [-0.3, -0.25) is 19.2 Å². The van der Waals surface area contributed by atoms with Gasteiger partial charge in [-0.15, -0.1) is 0 Å². The van der Waals surface area contributed by atoms with Gasteiger partial charge in [0.2, 0.25) is 11.8 Å². The Bertz CT molecular complexity index is 2330. The molecule has 8 rings (SSSR count). The summed E-state index contributed by atoms with van der Waals surface area (Å²) in [5.74, 6) is 0.0307. The first kappa shape index (κ1) is 32.2. The molecule has 2 fully saturated rings. The zero-order valence-corrected chi connectivity index (χ0v) is 29.0. The van der Waals surface area contributed by atoms with Gasteiger partial charge in [0.1, 0.15) is 11.0 Å². The number of aromatic nitrogens is 4. The van der Waals surface area contributed by atoms with Gasteiger partial charge in [-0.05, 0) is 38.8 Å². The maximum Gasteiger partial charge on any atom is 0.275 e. The first-order chi connectivity index (χ1) is 24.0. The third-order valence-electron chi connectivity index (χ3n) is 10.0. The van der Waals surface area contributed by atoms with Crippen LogP contribution in [0, 0.1) is 13.8 Å². The van der Waals surface area contributed by atoms with Crippen molar-refractivity contribution >= 4 is 46.0 Å². The highest BCUT2D eigenvalue weighted by molar-refractivity contribution is 6.39. The van der Waals surface area contributed by atoms with Crippen molar-refractivity contribution in [3.05, 3.63) is 115 Å². The second-order valence-electron chi connectivity index (χ2n) is 13.4. The van der Waals surface area contributed by atoms with E-state index in [0.717, 1.165) is 44.8 Å². The highest BCUT2D eigenvalue weighted by Gasteiger charge is 2.25. The molecule has 0 unspecified atom stereocenters. The van der Waals surface area contributed by atoms with E-state index in [9.17, 15) is 19.2 Å². The summed E-state index contributed by atoms with van der Waals surface area (Å²) >= 11 is 14.3. The number of rotatable bonds is 7. The number of nitrogens with one attached hydrogen (secondary N) is 2. The van der Waals surface area contributed by atoms with E-state index in [0.29, 0.717) is 59.9 Å². The lowest BCUT2D eigenvalue weighted by Crippen LogP contribution is -2.35. The molecule has 0 saturated carbocycles. The van der Waals surface area contributed by atoms with Crippen molar-refractivity contribution in [3.63, 3.8) is 0 Å². The van der Waals surface area contributed by atoms with Crippen LogP contribution >= 0.6 is 23.2 Å². The maximum absolute atomic E-state index is 13.6. The van der Waals surface area contributed by atoms with Crippen LogP contribution < -0.4 is 21.8 Å². The van der Waals surface area contributed by atoms with E-state index >= 15 is 0 Å². The van der Waals surface area contributed by atoms with Crippen molar-refractivity contribution in [3.8, 4) is 33.4 Å². The van der Waals surface area contributed by atoms with Crippen molar-refractivity contribution in [1.82, 2.24) is 28.6 Å². The molecule has 12 heteroatoms. The van der Waals surface area contributed by atoms with E-state index < -0.39 is 0 Å². The fourth-order valence-corrected chi connectivity index (χ4v) is 8.07. The van der Waals surface area contributed by atoms with Crippen LogP contribution in [-0.4, -0.2) is 41.8 Å². The molecular formula is C38H34Cl2N6O4. The number of halogens is 2. The first-order valence-electron chi connectivity index (χ1n) is 16.7. The minimum absolute atomic E-state index is 0.0153. The number of hydrogen-bond donors (Lipinski definition) is 2. The molecule has 6 heterocycles. The summed E-state index contributed by atoms with van der Waals surface area (Å²) in [6.45, 7) is 4.63. The summed E-state index contributed by atoms with van der Waals surface area (Å²) in [7, 11) is 0. The predicted molar refractivity (Wildman–Crippen MR) is 195 cm³/mol. The Morgan fingerprint density at radius 1 is 0.620 bits per heavy atom. The van der Waals surface area contributed by atoms with Crippen LogP contribution in [0.15, 0.2) is 82.9 Å². The average Bonchev–Trinajstić information content (AvgIpc) is 3.89. The zero-order valence-electron chi connectivity index (χ0n) is 27.5. The average molecular weight is 710 g/mol. The molecule has 6 aromatic rings. The van der Waals surface area contributed by atoms with Crippen LogP contribution in [-0.2, 0) is 22.7 Å². The Morgan fingerprint density at radius 3 is 1.40 bits per heavy atom. The Kier molecular flexibility index (Phi) is 7.95. The van der Waals surface area contributed by atoms with Crippen molar-refractivity contribution in [2.45, 2.75) is 64.7 Å². The van der Waals surface area contributed by atoms with Crippen LogP contribution in [0.2, 0.25) is 10.0 Å². The second-order valence-corrected chi connectivity index (χ2v) is 14.1. The highest BCUT2D eigenvalue weighted by atomic mass is 35.5. The zero-order chi connectivity index (χ0) is 34.8. The topological polar surface area (TPSA) is 111 Å². The second kappa shape index (κ2) is 12.4. The van der Waals surface area contributed by atoms with Crippen molar-refractivity contribution in [2.24, 2.45) is 0 Å². The number of hydrogen-bond acceptors (Lipinski definition) is 4. The lowest BCUT2D eigenvalue weighted by Gasteiger charge is -2.15. The molecule has 254 valence electrons. The van der Waals surface area contributed by atoms with Gasteiger partial charge in [0, 0.05) is 108 Å². The number of aryl methyl sites for hydroxylation is 2. The molecule has 2 aromatic carbocycles. The van der Waals surface area contributed by atoms with Crippen molar-refractivity contribution in [1.29, 1.82) is 0 Å². The summed E-state index contributed by atoms with van der Waals surface area (Å²) < 4.78 is 7.08. The summed E-state index contributed by atoms with van der Waals surface area (Å²) in [5.41, 5.74) is 6.90. The number of benzene rings is 2. The van der Waals surface area contributed by atoms with Gasteiger partial charge in [-0.25, -0.2) is 0 Å². The first-order valence-corrected chi connectivity index (χ1v) is 17.4. The number of nitrogens with zero attached hydrogens (tertiary/aromatic N) is 4. The van der Waals surface area contributed by atoms with Gasteiger partial charge in [0.15, 0.2) is 0 Å². The predicted octanol–water partition coefficient (Wildman–Crippen LogP) is 6.00. The lowest BCUT2D eigenvalue weighted by atomic mass is 9.97. The van der Waals surface area contributed by atoms with E-state index in [1.54, 1.807) is 9.13 Å².